The maximum absolute atomic E-state index is 5.43. The number of fused-ring (bicyclic) bond motifs is 1. The third-order valence-electron chi connectivity index (χ3n) is 1.30. The Balaban J connectivity index is 2.98. The Bertz CT molecular complexity index is 325. The van der Waals surface area contributed by atoms with E-state index in [0.717, 1.165) is 10.4 Å². The van der Waals surface area contributed by atoms with Gasteiger partial charge in [-0.1, -0.05) is 0 Å². The van der Waals surface area contributed by atoms with Crippen LogP contribution < -0.4 is 11.6 Å². The Hall–Kier alpha value is -1.72. The fourth-order valence-electron chi connectivity index (χ4n) is 0.855. The van der Waals surface area contributed by atoms with Crippen LogP contribution in [-0.4, -0.2) is 19.5 Å². The number of aromatic nitrogens is 4. The molecule has 2 rings (SSSR count). The minimum atomic E-state index is 0.343. The topological polar surface area (TPSA) is 87.2 Å². The molecule has 0 saturated carbocycles. The zero-order valence-electron chi connectivity index (χ0n) is 5.10. The van der Waals surface area contributed by atoms with Crippen LogP contribution in [0.2, 0.25) is 0 Å². The average molecular weight is 138 g/mol. The predicted molar refractivity (Wildman–Crippen MR) is 35.5 cm³/mol. The Morgan fingerprint density at radius 2 is 2.20 bits per heavy atom. The number of anilines is 1. The minimum Gasteiger partial charge on any atom is -0.368 e. The van der Waals surface area contributed by atoms with Gasteiger partial charge in [0.2, 0.25) is 5.95 Å². The Morgan fingerprint density at radius 3 is 2.90 bits per heavy atom. The van der Waals surface area contributed by atoms with Gasteiger partial charge in [0.25, 0.3) is 0 Å². The summed E-state index contributed by atoms with van der Waals surface area (Å²) in [7, 11) is 0. The van der Waals surface area contributed by atoms with E-state index in [2.05, 4.69) is 10.1 Å². The first-order valence-electron chi connectivity index (χ1n) is 2.71. The molecule has 6 heteroatoms. The van der Waals surface area contributed by atoms with Crippen molar-refractivity contribution in [3.05, 3.63) is 12.4 Å². The first kappa shape index (κ1) is 5.10. The van der Waals surface area contributed by atoms with Gasteiger partial charge in [-0.25, -0.2) is 4.98 Å². The lowest BCUT2D eigenvalue weighted by Gasteiger charge is -1.92. The van der Waals surface area contributed by atoms with E-state index in [0.29, 0.717) is 5.95 Å². The average Bonchev–Trinajstić information content (AvgIpc) is 2.40. The van der Waals surface area contributed by atoms with E-state index < -0.39 is 0 Å². The fourth-order valence-corrected chi connectivity index (χ4v) is 0.855. The quantitative estimate of drug-likeness (QED) is 0.449. The molecular weight excluding hydrogens is 132 g/mol. The van der Waals surface area contributed by atoms with Gasteiger partial charge in [-0.3, -0.25) is 0 Å². The van der Waals surface area contributed by atoms with Crippen molar-refractivity contribution in [2.45, 2.75) is 0 Å². The van der Waals surface area contributed by atoms with Crippen molar-refractivity contribution < 1.29 is 0 Å². The molecule has 0 aliphatic carbocycles. The molecule has 2 aromatic heterocycles. The summed E-state index contributed by atoms with van der Waals surface area (Å²) < 4.78 is 1.50. The number of nitrogen functional groups attached to an aromatic ring is 2. The Labute approximate surface area is 56.0 Å². The normalized spacial score (nSPS) is 10.8. The monoisotopic (exact) mass is 138 g/mol. The zero-order chi connectivity index (χ0) is 7.14. The summed E-state index contributed by atoms with van der Waals surface area (Å²) in [5.74, 6) is 5.71. The second-order valence-electron chi connectivity index (χ2n) is 1.92. The van der Waals surface area contributed by atoms with Gasteiger partial charge in [0.15, 0.2) is 0 Å². The molecule has 10 heavy (non-hydrogen) atoms. The van der Waals surface area contributed by atoms with E-state index in [4.69, 9.17) is 11.6 Å². The smallest absolute Gasteiger partial charge is 0.223 e. The highest BCUT2D eigenvalue weighted by molar-refractivity contribution is 5.47. The van der Waals surface area contributed by atoms with E-state index >= 15 is 0 Å². The number of hydrogen-bond donors (Lipinski definition) is 2. The molecule has 0 amide bonds. The van der Waals surface area contributed by atoms with Crippen molar-refractivity contribution in [1.82, 2.24) is 19.5 Å². The summed E-state index contributed by atoms with van der Waals surface area (Å²) in [5, 5.41) is 3.75. The molecule has 0 aliphatic heterocycles. The maximum atomic E-state index is 5.43. The van der Waals surface area contributed by atoms with E-state index in [-0.39, 0.29) is 0 Å². The van der Waals surface area contributed by atoms with Gasteiger partial charge in [-0.15, -0.1) is 10.0 Å². The highest BCUT2D eigenvalue weighted by atomic mass is 15.7. The standard InChI is InChI=1S/C4H6N6/c5-4-7-1-3-2-8-10(6)9(3)4/h1-2H,6H2,(H2,5,7). The van der Waals surface area contributed by atoms with Crippen LogP contribution >= 0.6 is 0 Å². The lowest BCUT2D eigenvalue weighted by Crippen LogP contribution is -2.17. The second-order valence-corrected chi connectivity index (χ2v) is 1.92. The van der Waals surface area contributed by atoms with Crippen LogP contribution in [-0.2, 0) is 0 Å². The predicted octanol–water partition coefficient (Wildman–Crippen LogP) is -1.17. The van der Waals surface area contributed by atoms with Crippen LogP contribution in [0.5, 0.6) is 0 Å². The van der Waals surface area contributed by atoms with Gasteiger partial charge < -0.3 is 11.6 Å². The SMILES string of the molecule is Nc1ncc2cnn(N)n12. The molecule has 0 bridgehead atoms. The number of imidazole rings is 1. The molecule has 4 N–H and O–H groups in total. The molecule has 0 radical (unpaired) electrons. The van der Waals surface area contributed by atoms with Crippen LogP contribution in [0.1, 0.15) is 0 Å². The van der Waals surface area contributed by atoms with Crippen LogP contribution in [0.4, 0.5) is 5.95 Å². The largest absolute Gasteiger partial charge is 0.368 e. The molecule has 0 aromatic carbocycles. The lowest BCUT2D eigenvalue weighted by molar-refractivity contribution is 0.660. The van der Waals surface area contributed by atoms with Crippen LogP contribution in [0.25, 0.3) is 5.52 Å². The summed E-state index contributed by atoms with van der Waals surface area (Å²) in [6.07, 6.45) is 3.19. The van der Waals surface area contributed by atoms with Gasteiger partial charge in [0.1, 0.15) is 5.52 Å². The summed E-state index contributed by atoms with van der Waals surface area (Å²) in [6.45, 7) is 0. The van der Waals surface area contributed by atoms with Gasteiger partial charge >= 0.3 is 0 Å². The number of rotatable bonds is 0. The van der Waals surface area contributed by atoms with Crippen molar-refractivity contribution in [2.24, 2.45) is 0 Å². The molecule has 0 spiro atoms. The van der Waals surface area contributed by atoms with Gasteiger partial charge in [-0.05, 0) is 0 Å². The van der Waals surface area contributed by atoms with Crippen molar-refractivity contribution in [2.75, 3.05) is 11.6 Å². The van der Waals surface area contributed by atoms with Gasteiger partial charge in [-0.2, -0.15) is 4.52 Å². The van der Waals surface area contributed by atoms with E-state index in [1.54, 1.807) is 12.4 Å². The highest BCUT2D eigenvalue weighted by Crippen LogP contribution is 2.03. The Kier molecular flexibility index (Phi) is 0.717. The number of nitrogens with two attached hydrogens (primary N) is 2. The van der Waals surface area contributed by atoms with Crippen molar-refractivity contribution in [3.63, 3.8) is 0 Å². The molecule has 0 unspecified atom stereocenters. The third-order valence-corrected chi connectivity index (χ3v) is 1.30. The minimum absolute atomic E-state index is 0.343. The first-order valence-corrected chi connectivity index (χ1v) is 2.71. The summed E-state index contributed by atoms with van der Waals surface area (Å²) >= 11 is 0. The fraction of sp³-hybridized carbons (Fsp3) is 0. The van der Waals surface area contributed by atoms with Crippen LogP contribution in [0.3, 0.4) is 0 Å². The first-order chi connectivity index (χ1) is 4.79. The Morgan fingerprint density at radius 1 is 1.40 bits per heavy atom. The van der Waals surface area contributed by atoms with Crippen molar-refractivity contribution in [3.8, 4) is 0 Å². The van der Waals surface area contributed by atoms with E-state index in [1.165, 1.54) is 4.52 Å². The summed E-state index contributed by atoms with van der Waals surface area (Å²) in [6, 6.07) is 0. The van der Waals surface area contributed by atoms with Crippen molar-refractivity contribution in [1.29, 1.82) is 0 Å². The molecule has 2 heterocycles. The molecule has 0 aliphatic rings. The molecule has 2 aromatic rings. The zero-order valence-corrected chi connectivity index (χ0v) is 5.10. The van der Waals surface area contributed by atoms with Gasteiger partial charge in [0, 0.05) is 0 Å². The molecule has 52 valence electrons. The molecule has 0 atom stereocenters. The summed E-state index contributed by atoms with van der Waals surface area (Å²) in [4.78, 5) is 4.95. The molecule has 0 saturated heterocycles. The van der Waals surface area contributed by atoms with Crippen LogP contribution in [0.15, 0.2) is 12.4 Å². The van der Waals surface area contributed by atoms with E-state index in [1.807, 2.05) is 0 Å². The van der Waals surface area contributed by atoms with E-state index in [9.17, 15) is 0 Å². The second kappa shape index (κ2) is 1.41. The maximum Gasteiger partial charge on any atom is 0.223 e. The van der Waals surface area contributed by atoms with Crippen LogP contribution in [0, 0.1) is 0 Å². The number of nitrogens with zero attached hydrogens (tertiary/aromatic N) is 4. The number of hydrogen-bond acceptors (Lipinski definition) is 4. The molecular formula is C4H6N6. The van der Waals surface area contributed by atoms with Gasteiger partial charge in [0.05, 0.1) is 12.4 Å². The molecule has 0 fully saturated rings. The third kappa shape index (κ3) is 0.426. The lowest BCUT2D eigenvalue weighted by atomic mass is 10.7. The highest BCUT2D eigenvalue weighted by Gasteiger charge is 2.01. The summed E-state index contributed by atoms with van der Waals surface area (Å²) in [5.41, 5.74) is 6.22. The van der Waals surface area contributed by atoms with Crippen molar-refractivity contribution >= 4 is 11.5 Å². The molecule has 6 nitrogen and oxygen atoms in total.